The largest absolute Gasteiger partial charge is 0.364 e. The maximum Gasteiger partial charge on any atom is 0.269 e. The second-order valence-corrected chi connectivity index (χ2v) is 7.36. The van der Waals surface area contributed by atoms with Gasteiger partial charge >= 0.3 is 0 Å². The monoisotopic (exact) mass is 429 g/mol. The zero-order valence-electron chi connectivity index (χ0n) is 17.6. The Bertz CT molecular complexity index is 1210. The molecule has 0 unspecified atom stereocenters. The lowest BCUT2D eigenvalue weighted by Gasteiger charge is -2.19. The summed E-state index contributed by atoms with van der Waals surface area (Å²) in [7, 11) is 0. The Labute approximate surface area is 185 Å². The van der Waals surface area contributed by atoms with Crippen molar-refractivity contribution in [1.82, 2.24) is 19.5 Å². The van der Waals surface area contributed by atoms with E-state index in [2.05, 4.69) is 27.2 Å². The van der Waals surface area contributed by atoms with Crippen LogP contribution >= 0.6 is 0 Å². The molecule has 3 heterocycles. The molecule has 3 aromatic rings. The lowest BCUT2D eigenvalue weighted by Crippen LogP contribution is -2.27. The normalized spacial score (nSPS) is 15.2. The number of hydrogen-bond donors (Lipinski definition) is 3. The number of primary amides is 1. The van der Waals surface area contributed by atoms with E-state index in [0.717, 1.165) is 19.4 Å². The minimum atomic E-state index is -0.677. The first-order chi connectivity index (χ1) is 15.5. The Balaban J connectivity index is 1.65. The third kappa shape index (κ3) is 3.98. The summed E-state index contributed by atoms with van der Waals surface area (Å²) in [6, 6.07) is 14.9. The van der Waals surface area contributed by atoms with E-state index in [4.69, 9.17) is 11.6 Å². The number of rotatable bonds is 5. The highest BCUT2D eigenvalue weighted by molar-refractivity contribution is 6.04. The second kappa shape index (κ2) is 8.81. The lowest BCUT2D eigenvalue weighted by atomic mass is 10.1. The van der Waals surface area contributed by atoms with Gasteiger partial charge in [-0.15, -0.1) is 0 Å². The SMILES string of the molecule is CC#CN1CCC[C@H]1c1nc(-c2ccc(C(=O)Nc3ccccn3)cc2)c(C(N)=O)n1N. The van der Waals surface area contributed by atoms with Gasteiger partial charge in [0.1, 0.15) is 11.5 Å². The molecule has 5 N–H and O–H groups in total. The fourth-order valence-electron chi connectivity index (χ4n) is 3.84. The van der Waals surface area contributed by atoms with Gasteiger partial charge in [0.05, 0.1) is 6.04 Å². The van der Waals surface area contributed by atoms with Gasteiger partial charge in [-0.3, -0.25) is 9.59 Å². The Morgan fingerprint density at radius 3 is 2.62 bits per heavy atom. The van der Waals surface area contributed by atoms with Gasteiger partial charge in [0.15, 0.2) is 11.5 Å². The van der Waals surface area contributed by atoms with Gasteiger partial charge in [-0.1, -0.05) is 24.1 Å². The van der Waals surface area contributed by atoms with E-state index in [1.807, 2.05) is 4.90 Å². The van der Waals surface area contributed by atoms with Crippen molar-refractivity contribution < 1.29 is 9.59 Å². The van der Waals surface area contributed by atoms with Crippen LogP contribution in [-0.2, 0) is 0 Å². The highest BCUT2D eigenvalue weighted by Crippen LogP contribution is 2.33. The maximum absolute atomic E-state index is 12.5. The zero-order chi connectivity index (χ0) is 22.7. The predicted molar refractivity (Wildman–Crippen MR) is 121 cm³/mol. The summed E-state index contributed by atoms with van der Waals surface area (Å²) in [5, 5.41) is 2.73. The Kier molecular flexibility index (Phi) is 5.77. The standard InChI is InChI=1S/C23H23N7O2/c1-2-13-29-14-5-6-17(29)22-28-19(20(21(24)31)30(22)25)15-8-10-16(11-9-15)23(32)27-18-7-3-4-12-26-18/h3-4,7-12,17H,5-6,14,25H2,1H3,(H2,24,31)(H,26,27,32)/t17-/m0/s1. The maximum atomic E-state index is 12.5. The van der Waals surface area contributed by atoms with Gasteiger partial charge in [-0.25, -0.2) is 14.6 Å². The Morgan fingerprint density at radius 2 is 1.97 bits per heavy atom. The fourth-order valence-corrected chi connectivity index (χ4v) is 3.84. The number of imidazole rings is 1. The second-order valence-electron chi connectivity index (χ2n) is 7.36. The third-order valence-electron chi connectivity index (χ3n) is 5.31. The molecule has 1 aromatic carbocycles. The molecule has 1 atom stereocenters. The van der Waals surface area contributed by atoms with Gasteiger partial charge in [-0.05, 0) is 44.0 Å². The summed E-state index contributed by atoms with van der Waals surface area (Å²) in [5.74, 6) is 9.17. The third-order valence-corrected chi connectivity index (χ3v) is 5.31. The number of nitrogen functional groups attached to an aromatic ring is 1. The number of anilines is 1. The van der Waals surface area contributed by atoms with E-state index < -0.39 is 5.91 Å². The molecule has 0 aliphatic carbocycles. The van der Waals surface area contributed by atoms with Crippen molar-refractivity contribution in [3.8, 4) is 23.2 Å². The van der Waals surface area contributed by atoms with E-state index in [1.165, 1.54) is 4.68 Å². The Morgan fingerprint density at radius 1 is 1.19 bits per heavy atom. The Hall–Kier alpha value is -4.32. The van der Waals surface area contributed by atoms with Crippen LogP contribution in [0.3, 0.4) is 0 Å². The van der Waals surface area contributed by atoms with Crippen LogP contribution in [0.2, 0.25) is 0 Å². The van der Waals surface area contributed by atoms with Crippen molar-refractivity contribution in [1.29, 1.82) is 0 Å². The molecule has 4 rings (SSSR count). The number of nitrogens with two attached hydrogens (primary N) is 2. The molecular weight excluding hydrogens is 406 g/mol. The number of nitrogens with zero attached hydrogens (tertiary/aromatic N) is 4. The summed E-state index contributed by atoms with van der Waals surface area (Å²) >= 11 is 0. The van der Waals surface area contributed by atoms with E-state index in [-0.39, 0.29) is 17.6 Å². The highest BCUT2D eigenvalue weighted by Gasteiger charge is 2.32. The summed E-state index contributed by atoms with van der Waals surface area (Å²) in [6.07, 6.45) is 3.38. The van der Waals surface area contributed by atoms with Crippen molar-refractivity contribution in [2.75, 3.05) is 17.7 Å². The number of benzene rings is 1. The smallest absolute Gasteiger partial charge is 0.269 e. The topological polar surface area (TPSA) is 132 Å². The zero-order valence-corrected chi connectivity index (χ0v) is 17.6. The van der Waals surface area contributed by atoms with Crippen LogP contribution in [0.5, 0.6) is 0 Å². The molecule has 9 heteroatoms. The van der Waals surface area contributed by atoms with Crippen molar-refractivity contribution in [3.63, 3.8) is 0 Å². The molecule has 162 valence electrons. The van der Waals surface area contributed by atoms with Crippen LogP contribution in [-0.4, -0.2) is 37.9 Å². The van der Waals surface area contributed by atoms with Gasteiger partial charge in [0.2, 0.25) is 0 Å². The molecule has 1 aliphatic rings. The van der Waals surface area contributed by atoms with E-state index in [1.54, 1.807) is 55.6 Å². The molecule has 1 fully saturated rings. The minimum absolute atomic E-state index is 0.113. The first-order valence-electron chi connectivity index (χ1n) is 10.2. The fraction of sp³-hybridized carbons (Fsp3) is 0.217. The van der Waals surface area contributed by atoms with Crippen LogP contribution in [0.25, 0.3) is 11.3 Å². The molecular formula is C23H23N7O2. The lowest BCUT2D eigenvalue weighted by molar-refractivity contribution is 0.0991. The molecule has 2 amide bonds. The number of carbonyl (C=O) groups is 2. The van der Waals surface area contributed by atoms with Gasteiger partial charge in [0, 0.05) is 29.9 Å². The molecule has 0 bridgehead atoms. The van der Waals surface area contributed by atoms with Gasteiger partial charge < -0.3 is 21.8 Å². The first-order valence-corrected chi connectivity index (χ1v) is 10.2. The average molecular weight is 429 g/mol. The van der Waals surface area contributed by atoms with Crippen LogP contribution < -0.4 is 16.9 Å². The summed E-state index contributed by atoms with van der Waals surface area (Å²) in [4.78, 5) is 35.4. The van der Waals surface area contributed by atoms with Crippen molar-refractivity contribution in [2.45, 2.75) is 25.8 Å². The highest BCUT2D eigenvalue weighted by atomic mass is 16.2. The number of aromatic nitrogens is 3. The molecule has 0 saturated carbocycles. The molecule has 1 saturated heterocycles. The van der Waals surface area contributed by atoms with Crippen LogP contribution in [0.4, 0.5) is 5.82 Å². The van der Waals surface area contributed by atoms with Crippen LogP contribution in [0, 0.1) is 12.0 Å². The van der Waals surface area contributed by atoms with Crippen molar-refractivity contribution in [3.05, 3.63) is 65.7 Å². The van der Waals surface area contributed by atoms with Crippen LogP contribution in [0.15, 0.2) is 48.7 Å². The van der Waals surface area contributed by atoms with Gasteiger partial charge in [-0.2, -0.15) is 0 Å². The number of nitrogens with one attached hydrogen (secondary N) is 1. The van der Waals surface area contributed by atoms with E-state index >= 15 is 0 Å². The minimum Gasteiger partial charge on any atom is -0.364 e. The predicted octanol–water partition coefficient (Wildman–Crippen LogP) is 2.13. The van der Waals surface area contributed by atoms with Crippen LogP contribution in [0.1, 0.15) is 52.5 Å². The first kappa shape index (κ1) is 20.9. The number of hydrogen-bond acceptors (Lipinski definition) is 6. The number of pyridine rings is 1. The van der Waals surface area contributed by atoms with Crippen molar-refractivity contribution in [2.24, 2.45) is 5.73 Å². The molecule has 0 radical (unpaired) electrons. The number of amides is 2. The molecule has 0 spiro atoms. The number of likely N-dealkylation sites (tertiary alicyclic amines) is 1. The molecule has 2 aromatic heterocycles. The average Bonchev–Trinajstić information content (AvgIpc) is 3.38. The summed E-state index contributed by atoms with van der Waals surface area (Å²) in [5.41, 5.74) is 7.19. The summed E-state index contributed by atoms with van der Waals surface area (Å²) in [6.45, 7) is 2.58. The van der Waals surface area contributed by atoms with Crippen molar-refractivity contribution >= 4 is 17.6 Å². The molecule has 32 heavy (non-hydrogen) atoms. The van der Waals surface area contributed by atoms with Gasteiger partial charge in [0.25, 0.3) is 11.8 Å². The summed E-state index contributed by atoms with van der Waals surface area (Å²) < 4.78 is 1.26. The quantitative estimate of drug-likeness (QED) is 0.420. The number of carbonyl (C=O) groups excluding carboxylic acids is 2. The van der Waals surface area contributed by atoms with E-state index in [9.17, 15) is 9.59 Å². The van der Waals surface area contributed by atoms with E-state index in [0.29, 0.717) is 28.5 Å². The molecule has 1 aliphatic heterocycles. The molecule has 9 nitrogen and oxygen atoms in total.